The monoisotopic (exact) mass is 284 g/mol. The summed E-state index contributed by atoms with van der Waals surface area (Å²) >= 11 is 1.10. The van der Waals surface area contributed by atoms with Crippen LogP contribution in [-0.4, -0.2) is 47.5 Å². The lowest BCUT2D eigenvalue weighted by Crippen LogP contribution is -2.36. The average molecular weight is 284 g/mol. The smallest absolute Gasteiger partial charge is 0.338 e. The minimum absolute atomic E-state index is 0.0826. The van der Waals surface area contributed by atoms with E-state index in [0.717, 1.165) is 11.8 Å². The number of methoxy groups -OCH3 is 1. The standard InChI is InChI=1S/C12H16N2O4S/c1-8(6-18-2)14-10(15)7-19-11-9(12(16)17)4-3-5-13-11/h3-5,8H,6-7H2,1-2H3,(H,14,15)(H,16,17). The van der Waals surface area contributed by atoms with E-state index >= 15 is 0 Å². The third-order valence-electron chi connectivity index (χ3n) is 2.17. The second-order valence-corrected chi connectivity index (χ2v) is 4.84. The summed E-state index contributed by atoms with van der Waals surface area (Å²) in [5.74, 6) is -1.12. The molecular formula is C12H16N2O4S. The van der Waals surface area contributed by atoms with E-state index in [9.17, 15) is 9.59 Å². The third-order valence-corrected chi connectivity index (χ3v) is 3.17. The molecule has 0 saturated heterocycles. The highest BCUT2D eigenvalue weighted by Gasteiger charge is 2.13. The van der Waals surface area contributed by atoms with Gasteiger partial charge in [-0.15, -0.1) is 0 Å². The lowest BCUT2D eigenvalue weighted by atomic mass is 10.3. The normalized spacial score (nSPS) is 11.9. The number of thioether (sulfide) groups is 1. The van der Waals surface area contributed by atoms with Crippen molar-refractivity contribution in [2.75, 3.05) is 19.5 Å². The van der Waals surface area contributed by atoms with Crippen molar-refractivity contribution in [3.8, 4) is 0 Å². The number of aromatic carboxylic acids is 1. The molecule has 1 unspecified atom stereocenters. The minimum Gasteiger partial charge on any atom is -0.478 e. The van der Waals surface area contributed by atoms with Crippen molar-refractivity contribution in [3.05, 3.63) is 23.9 Å². The Morgan fingerprint density at radius 1 is 1.58 bits per heavy atom. The molecule has 2 N–H and O–H groups in total. The van der Waals surface area contributed by atoms with Gasteiger partial charge in [0.05, 0.1) is 17.9 Å². The number of hydrogen-bond donors (Lipinski definition) is 2. The molecule has 0 aliphatic heterocycles. The van der Waals surface area contributed by atoms with Crippen LogP contribution in [0.15, 0.2) is 23.4 Å². The van der Waals surface area contributed by atoms with Gasteiger partial charge in [0.2, 0.25) is 5.91 Å². The maximum absolute atomic E-state index is 11.6. The summed E-state index contributed by atoms with van der Waals surface area (Å²) in [6, 6.07) is 2.93. The predicted octanol–water partition coefficient (Wildman–Crippen LogP) is 1.02. The number of pyridine rings is 1. The van der Waals surface area contributed by atoms with E-state index in [-0.39, 0.29) is 23.3 Å². The number of ether oxygens (including phenoxy) is 1. The number of carbonyl (C=O) groups excluding carboxylic acids is 1. The molecule has 0 fully saturated rings. The van der Waals surface area contributed by atoms with Crippen LogP contribution < -0.4 is 5.32 Å². The summed E-state index contributed by atoms with van der Waals surface area (Å²) in [6.07, 6.45) is 1.50. The van der Waals surface area contributed by atoms with E-state index in [0.29, 0.717) is 11.6 Å². The van der Waals surface area contributed by atoms with Crippen LogP contribution in [0.2, 0.25) is 0 Å². The maximum atomic E-state index is 11.6. The summed E-state index contributed by atoms with van der Waals surface area (Å²) < 4.78 is 4.91. The second-order valence-electron chi connectivity index (χ2n) is 3.87. The van der Waals surface area contributed by atoms with Gasteiger partial charge in [-0.05, 0) is 19.1 Å². The lowest BCUT2D eigenvalue weighted by molar-refractivity contribution is -0.119. The summed E-state index contributed by atoms with van der Waals surface area (Å²) in [6.45, 7) is 2.26. The Hall–Kier alpha value is -1.60. The number of nitrogens with one attached hydrogen (secondary N) is 1. The maximum Gasteiger partial charge on any atom is 0.338 e. The number of carboxylic acid groups (broad SMARTS) is 1. The van der Waals surface area contributed by atoms with E-state index in [1.807, 2.05) is 6.92 Å². The molecule has 1 amide bonds. The van der Waals surface area contributed by atoms with E-state index in [4.69, 9.17) is 9.84 Å². The molecule has 1 aromatic rings. The highest BCUT2D eigenvalue weighted by atomic mass is 32.2. The van der Waals surface area contributed by atoms with Crippen molar-refractivity contribution >= 4 is 23.6 Å². The van der Waals surface area contributed by atoms with E-state index < -0.39 is 5.97 Å². The quantitative estimate of drug-likeness (QED) is 0.727. The molecule has 104 valence electrons. The summed E-state index contributed by atoms with van der Waals surface area (Å²) in [5.41, 5.74) is 0.102. The first-order valence-electron chi connectivity index (χ1n) is 5.64. The number of rotatable bonds is 7. The lowest BCUT2D eigenvalue weighted by Gasteiger charge is -2.12. The molecule has 6 nitrogen and oxygen atoms in total. The van der Waals surface area contributed by atoms with E-state index in [1.165, 1.54) is 12.3 Å². The molecule has 1 heterocycles. The molecule has 1 rings (SSSR count). The van der Waals surface area contributed by atoms with Crippen LogP contribution >= 0.6 is 11.8 Å². The summed E-state index contributed by atoms with van der Waals surface area (Å²) in [5, 5.41) is 12.1. The van der Waals surface area contributed by atoms with Gasteiger partial charge in [0, 0.05) is 19.3 Å². The number of amides is 1. The number of nitrogens with zero attached hydrogens (tertiary/aromatic N) is 1. The fourth-order valence-electron chi connectivity index (χ4n) is 1.41. The van der Waals surface area contributed by atoms with Gasteiger partial charge < -0.3 is 15.2 Å². The molecule has 19 heavy (non-hydrogen) atoms. The van der Waals surface area contributed by atoms with Gasteiger partial charge in [-0.2, -0.15) is 0 Å². The van der Waals surface area contributed by atoms with Crippen LogP contribution in [0.1, 0.15) is 17.3 Å². The zero-order valence-corrected chi connectivity index (χ0v) is 11.6. The second kappa shape index (κ2) is 7.75. The number of aromatic nitrogens is 1. The van der Waals surface area contributed by atoms with Gasteiger partial charge in [0.15, 0.2) is 0 Å². The molecule has 0 aliphatic carbocycles. The summed E-state index contributed by atoms with van der Waals surface area (Å²) in [7, 11) is 1.56. The fourth-order valence-corrected chi connectivity index (χ4v) is 2.21. The van der Waals surface area contributed by atoms with Crippen molar-refractivity contribution in [3.63, 3.8) is 0 Å². The average Bonchev–Trinajstić information content (AvgIpc) is 2.36. The van der Waals surface area contributed by atoms with Crippen molar-refractivity contribution in [1.82, 2.24) is 10.3 Å². The van der Waals surface area contributed by atoms with Gasteiger partial charge in [0.1, 0.15) is 5.03 Å². The molecule has 0 radical (unpaired) electrons. The Bertz CT molecular complexity index is 453. The molecule has 0 aromatic carbocycles. The third kappa shape index (κ3) is 5.27. The van der Waals surface area contributed by atoms with Gasteiger partial charge >= 0.3 is 5.97 Å². The highest BCUT2D eigenvalue weighted by Crippen LogP contribution is 2.19. The van der Waals surface area contributed by atoms with Crippen molar-refractivity contribution in [1.29, 1.82) is 0 Å². The predicted molar refractivity (Wildman–Crippen MR) is 71.4 cm³/mol. The fraction of sp³-hybridized carbons (Fsp3) is 0.417. The van der Waals surface area contributed by atoms with E-state index in [2.05, 4.69) is 10.3 Å². The van der Waals surface area contributed by atoms with Crippen LogP contribution in [0.25, 0.3) is 0 Å². The number of carbonyl (C=O) groups is 2. The molecule has 0 aliphatic rings. The first kappa shape index (κ1) is 15.5. The topological polar surface area (TPSA) is 88.5 Å². The summed E-state index contributed by atoms with van der Waals surface area (Å²) in [4.78, 5) is 26.5. The largest absolute Gasteiger partial charge is 0.478 e. The van der Waals surface area contributed by atoms with Crippen molar-refractivity contribution < 1.29 is 19.4 Å². The van der Waals surface area contributed by atoms with Crippen LogP contribution in [0, 0.1) is 0 Å². The van der Waals surface area contributed by atoms with Crippen LogP contribution in [0.5, 0.6) is 0 Å². The molecule has 0 saturated carbocycles. The zero-order chi connectivity index (χ0) is 14.3. The first-order chi connectivity index (χ1) is 9.04. The van der Waals surface area contributed by atoms with Gasteiger partial charge in [-0.1, -0.05) is 11.8 Å². The highest BCUT2D eigenvalue weighted by molar-refractivity contribution is 8.00. The first-order valence-corrected chi connectivity index (χ1v) is 6.62. The van der Waals surface area contributed by atoms with Crippen LogP contribution in [0.3, 0.4) is 0 Å². The number of hydrogen-bond acceptors (Lipinski definition) is 5. The molecule has 1 atom stereocenters. The van der Waals surface area contributed by atoms with Gasteiger partial charge in [-0.3, -0.25) is 4.79 Å². The van der Waals surface area contributed by atoms with Crippen molar-refractivity contribution in [2.24, 2.45) is 0 Å². The minimum atomic E-state index is -1.05. The van der Waals surface area contributed by atoms with E-state index in [1.54, 1.807) is 13.2 Å². The SMILES string of the molecule is COCC(C)NC(=O)CSc1ncccc1C(=O)O. The molecule has 1 aromatic heterocycles. The Balaban J connectivity index is 2.53. The van der Waals surface area contributed by atoms with Crippen LogP contribution in [-0.2, 0) is 9.53 Å². The number of carboxylic acids is 1. The molecule has 0 spiro atoms. The molecular weight excluding hydrogens is 268 g/mol. The van der Waals surface area contributed by atoms with Gasteiger partial charge in [0.25, 0.3) is 0 Å². The molecule has 7 heteroatoms. The van der Waals surface area contributed by atoms with Crippen LogP contribution in [0.4, 0.5) is 0 Å². The zero-order valence-electron chi connectivity index (χ0n) is 10.8. The Labute approximate surface area is 115 Å². The van der Waals surface area contributed by atoms with Gasteiger partial charge in [-0.25, -0.2) is 9.78 Å². The van der Waals surface area contributed by atoms with Crippen molar-refractivity contribution in [2.45, 2.75) is 18.0 Å². The Morgan fingerprint density at radius 2 is 2.32 bits per heavy atom. The Kier molecular flexibility index (Phi) is 6.31. The molecule has 0 bridgehead atoms. The Morgan fingerprint density at radius 3 is 2.95 bits per heavy atom.